The molecule has 0 aliphatic heterocycles. The van der Waals surface area contributed by atoms with Crippen molar-refractivity contribution in [1.82, 2.24) is 10.7 Å². The second-order valence-corrected chi connectivity index (χ2v) is 6.97. The summed E-state index contributed by atoms with van der Waals surface area (Å²) in [5.41, 5.74) is 5.68. The van der Waals surface area contributed by atoms with E-state index in [1.54, 1.807) is 36.6 Å². The SMILES string of the molecule is CN(C)c1ccc(/C=C(/NC(=O)c2ccccc2)C(=O)N/N=C\c2ccccc2)cc1. The number of hydrogen-bond donors (Lipinski definition) is 2. The van der Waals surface area contributed by atoms with E-state index >= 15 is 0 Å². The first-order valence-corrected chi connectivity index (χ1v) is 9.77. The number of carbonyl (C=O) groups excluding carboxylic acids is 2. The van der Waals surface area contributed by atoms with Gasteiger partial charge in [-0.25, -0.2) is 5.43 Å². The highest BCUT2D eigenvalue weighted by atomic mass is 16.2. The van der Waals surface area contributed by atoms with Gasteiger partial charge in [0.25, 0.3) is 11.8 Å². The van der Waals surface area contributed by atoms with Crippen LogP contribution in [0.25, 0.3) is 6.08 Å². The zero-order valence-corrected chi connectivity index (χ0v) is 17.4. The Kier molecular flexibility index (Phi) is 7.32. The van der Waals surface area contributed by atoms with Crippen LogP contribution in [0, 0.1) is 0 Å². The molecule has 0 heterocycles. The molecular weight excluding hydrogens is 388 g/mol. The summed E-state index contributed by atoms with van der Waals surface area (Å²) in [6.07, 6.45) is 3.16. The molecule has 0 aliphatic rings. The Morgan fingerprint density at radius 3 is 2.03 bits per heavy atom. The molecule has 0 saturated carbocycles. The van der Waals surface area contributed by atoms with E-state index in [2.05, 4.69) is 15.8 Å². The van der Waals surface area contributed by atoms with Gasteiger partial charge >= 0.3 is 0 Å². The molecule has 0 unspecified atom stereocenters. The smallest absolute Gasteiger partial charge is 0.287 e. The maximum Gasteiger partial charge on any atom is 0.287 e. The molecule has 156 valence electrons. The highest BCUT2D eigenvalue weighted by Crippen LogP contribution is 2.14. The van der Waals surface area contributed by atoms with Gasteiger partial charge < -0.3 is 10.2 Å². The van der Waals surface area contributed by atoms with Crippen LogP contribution in [0.5, 0.6) is 0 Å². The average Bonchev–Trinajstić information content (AvgIpc) is 2.80. The summed E-state index contributed by atoms with van der Waals surface area (Å²) in [4.78, 5) is 27.4. The molecule has 0 atom stereocenters. The van der Waals surface area contributed by atoms with E-state index in [9.17, 15) is 9.59 Å². The number of hydrazone groups is 1. The third-order valence-corrected chi connectivity index (χ3v) is 4.43. The minimum Gasteiger partial charge on any atom is -0.378 e. The lowest BCUT2D eigenvalue weighted by atomic mass is 10.1. The van der Waals surface area contributed by atoms with Crippen molar-refractivity contribution in [3.63, 3.8) is 0 Å². The Labute approximate surface area is 181 Å². The Bertz CT molecular complexity index is 1070. The van der Waals surface area contributed by atoms with E-state index in [-0.39, 0.29) is 11.6 Å². The van der Waals surface area contributed by atoms with Crippen molar-refractivity contribution in [1.29, 1.82) is 0 Å². The van der Waals surface area contributed by atoms with Gasteiger partial charge in [0.1, 0.15) is 5.70 Å². The minimum atomic E-state index is -0.520. The Hall–Kier alpha value is -4.19. The molecule has 0 bridgehead atoms. The standard InChI is InChI=1S/C25H24N4O2/c1-29(2)22-15-13-19(14-16-22)17-23(27-24(30)21-11-7-4-8-12-21)25(31)28-26-18-20-9-5-3-6-10-20/h3-18H,1-2H3,(H,27,30)(H,28,31)/b23-17+,26-18-. The second-order valence-electron chi connectivity index (χ2n) is 6.97. The Morgan fingerprint density at radius 1 is 0.806 bits per heavy atom. The minimum absolute atomic E-state index is 0.0941. The van der Waals surface area contributed by atoms with Crippen LogP contribution in [0.3, 0.4) is 0 Å². The van der Waals surface area contributed by atoms with E-state index in [0.717, 1.165) is 16.8 Å². The summed E-state index contributed by atoms with van der Waals surface area (Å²) in [6.45, 7) is 0. The van der Waals surface area contributed by atoms with E-state index in [0.29, 0.717) is 5.56 Å². The van der Waals surface area contributed by atoms with Crippen molar-refractivity contribution in [2.75, 3.05) is 19.0 Å². The molecule has 0 aliphatic carbocycles. The summed E-state index contributed by atoms with van der Waals surface area (Å²) in [5.74, 6) is -0.896. The van der Waals surface area contributed by atoms with Gasteiger partial charge in [0.15, 0.2) is 0 Å². The third-order valence-electron chi connectivity index (χ3n) is 4.43. The number of anilines is 1. The molecule has 2 N–H and O–H groups in total. The van der Waals surface area contributed by atoms with Crippen molar-refractivity contribution in [2.45, 2.75) is 0 Å². The van der Waals surface area contributed by atoms with Gasteiger partial charge in [0.05, 0.1) is 6.21 Å². The van der Waals surface area contributed by atoms with Crippen molar-refractivity contribution in [3.8, 4) is 0 Å². The van der Waals surface area contributed by atoms with Gasteiger partial charge in [-0.1, -0.05) is 60.7 Å². The van der Waals surface area contributed by atoms with Crippen LogP contribution in [0.15, 0.2) is 95.7 Å². The molecule has 0 radical (unpaired) electrons. The van der Waals surface area contributed by atoms with E-state index in [4.69, 9.17) is 0 Å². The summed E-state index contributed by atoms with van der Waals surface area (Å²) in [6, 6.07) is 25.8. The van der Waals surface area contributed by atoms with Crippen molar-refractivity contribution < 1.29 is 9.59 Å². The van der Waals surface area contributed by atoms with Gasteiger partial charge in [0.2, 0.25) is 0 Å². The monoisotopic (exact) mass is 412 g/mol. The van der Waals surface area contributed by atoms with Crippen molar-refractivity contribution >= 4 is 29.8 Å². The van der Waals surface area contributed by atoms with Crippen LogP contribution in [0.2, 0.25) is 0 Å². The lowest BCUT2D eigenvalue weighted by molar-refractivity contribution is -0.117. The summed E-state index contributed by atoms with van der Waals surface area (Å²) in [5, 5.41) is 6.69. The van der Waals surface area contributed by atoms with Crippen LogP contribution in [-0.2, 0) is 4.79 Å². The maximum absolute atomic E-state index is 12.8. The normalized spacial score (nSPS) is 11.2. The molecule has 3 aromatic rings. The number of carbonyl (C=O) groups is 2. The van der Waals surface area contributed by atoms with Crippen LogP contribution >= 0.6 is 0 Å². The van der Waals surface area contributed by atoms with Crippen LogP contribution in [0.1, 0.15) is 21.5 Å². The number of nitrogens with zero attached hydrogens (tertiary/aromatic N) is 2. The van der Waals surface area contributed by atoms with E-state index in [1.807, 2.05) is 79.7 Å². The topological polar surface area (TPSA) is 73.8 Å². The zero-order valence-electron chi connectivity index (χ0n) is 17.4. The Balaban J connectivity index is 1.81. The van der Waals surface area contributed by atoms with Gasteiger partial charge in [-0.15, -0.1) is 0 Å². The number of hydrogen-bond acceptors (Lipinski definition) is 4. The van der Waals surface area contributed by atoms with E-state index in [1.165, 1.54) is 0 Å². The van der Waals surface area contributed by atoms with Gasteiger partial charge in [-0.3, -0.25) is 9.59 Å². The van der Waals surface area contributed by atoms with Gasteiger partial charge in [-0.05, 0) is 41.5 Å². The highest BCUT2D eigenvalue weighted by molar-refractivity contribution is 6.05. The number of nitrogens with one attached hydrogen (secondary N) is 2. The lowest BCUT2D eigenvalue weighted by Gasteiger charge is -2.12. The fraction of sp³-hybridized carbons (Fsp3) is 0.0800. The number of amides is 2. The average molecular weight is 412 g/mol. The molecule has 0 aromatic heterocycles. The number of benzene rings is 3. The van der Waals surface area contributed by atoms with Gasteiger partial charge in [-0.2, -0.15) is 5.10 Å². The van der Waals surface area contributed by atoms with Crippen LogP contribution < -0.4 is 15.6 Å². The maximum atomic E-state index is 12.8. The number of rotatable bonds is 7. The Morgan fingerprint density at radius 2 is 1.42 bits per heavy atom. The highest BCUT2D eigenvalue weighted by Gasteiger charge is 2.14. The molecule has 0 saturated heterocycles. The molecule has 6 heteroatoms. The summed E-state index contributed by atoms with van der Waals surface area (Å²) < 4.78 is 0. The second kappa shape index (κ2) is 10.5. The first-order valence-electron chi connectivity index (χ1n) is 9.77. The third kappa shape index (κ3) is 6.40. The fourth-order valence-electron chi connectivity index (χ4n) is 2.74. The molecule has 0 fully saturated rings. The molecule has 6 nitrogen and oxygen atoms in total. The fourth-order valence-corrected chi connectivity index (χ4v) is 2.74. The molecule has 2 amide bonds. The molecule has 0 spiro atoms. The first-order chi connectivity index (χ1) is 15.0. The van der Waals surface area contributed by atoms with Crippen molar-refractivity contribution in [3.05, 3.63) is 107 Å². The van der Waals surface area contributed by atoms with Gasteiger partial charge in [0, 0.05) is 25.3 Å². The van der Waals surface area contributed by atoms with Crippen LogP contribution in [-0.4, -0.2) is 32.1 Å². The van der Waals surface area contributed by atoms with Crippen molar-refractivity contribution in [2.24, 2.45) is 5.10 Å². The molecule has 3 rings (SSSR count). The quantitative estimate of drug-likeness (QED) is 0.353. The largest absolute Gasteiger partial charge is 0.378 e. The molecular formula is C25H24N4O2. The lowest BCUT2D eigenvalue weighted by Crippen LogP contribution is -2.32. The summed E-state index contributed by atoms with van der Waals surface area (Å²) >= 11 is 0. The van der Waals surface area contributed by atoms with Crippen LogP contribution in [0.4, 0.5) is 5.69 Å². The predicted molar refractivity (Wildman–Crippen MR) is 125 cm³/mol. The first kappa shape index (κ1) is 21.5. The summed E-state index contributed by atoms with van der Waals surface area (Å²) in [7, 11) is 3.91. The molecule has 31 heavy (non-hydrogen) atoms. The zero-order chi connectivity index (χ0) is 22.1. The predicted octanol–water partition coefficient (Wildman–Crippen LogP) is 3.67. The van der Waals surface area contributed by atoms with E-state index < -0.39 is 5.91 Å². The molecule has 3 aromatic carbocycles.